The number of nitrogens with two attached hydrogens (primary N) is 1. The molecule has 0 bridgehead atoms. The Labute approximate surface area is 107 Å². The van der Waals surface area contributed by atoms with Crippen LogP contribution in [0.2, 0.25) is 0 Å². The van der Waals surface area contributed by atoms with Crippen molar-refractivity contribution in [3.05, 3.63) is 17.8 Å². The third-order valence-corrected chi connectivity index (χ3v) is 3.46. The van der Waals surface area contributed by atoms with Crippen molar-refractivity contribution < 1.29 is 9.53 Å². The molecule has 2 rings (SSSR count). The molecule has 0 atom stereocenters. The number of nitrogen functional groups attached to an aromatic ring is 1. The van der Waals surface area contributed by atoms with E-state index in [1.54, 1.807) is 12.3 Å². The lowest BCUT2D eigenvalue weighted by atomic mass is 9.99. The number of pyridine rings is 1. The van der Waals surface area contributed by atoms with Crippen LogP contribution in [0.1, 0.15) is 30.1 Å². The fraction of sp³-hybridized carbons (Fsp3) is 0.538. The second-order valence-electron chi connectivity index (χ2n) is 4.76. The Kier molecular flexibility index (Phi) is 3.69. The topological polar surface area (TPSA) is 68.5 Å². The van der Waals surface area contributed by atoms with Crippen LogP contribution < -0.4 is 10.6 Å². The Morgan fingerprint density at radius 2 is 2.17 bits per heavy atom. The molecule has 0 amide bonds. The molecule has 1 saturated heterocycles. The van der Waals surface area contributed by atoms with E-state index in [4.69, 9.17) is 10.5 Å². The van der Waals surface area contributed by atoms with E-state index in [1.807, 2.05) is 0 Å². The molecular weight excluding hydrogens is 230 g/mol. The van der Waals surface area contributed by atoms with Crippen molar-refractivity contribution in [2.45, 2.75) is 19.8 Å². The average molecular weight is 249 g/mol. The van der Waals surface area contributed by atoms with Gasteiger partial charge in [0.15, 0.2) is 5.82 Å². The minimum Gasteiger partial charge on any atom is -0.465 e. The highest BCUT2D eigenvalue weighted by Crippen LogP contribution is 2.28. The fourth-order valence-corrected chi connectivity index (χ4v) is 2.22. The Hall–Kier alpha value is -1.78. The molecule has 1 aromatic heterocycles. The summed E-state index contributed by atoms with van der Waals surface area (Å²) in [5.74, 6) is 1.03. The molecule has 2 N–H and O–H groups in total. The van der Waals surface area contributed by atoms with Gasteiger partial charge in [0.05, 0.1) is 18.4 Å². The van der Waals surface area contributed by atoms with Gasteiger partial charge in [-0.3, -0.25) is 0 Å². The van der Waals surface area contributed by atoms with E-state index < -0.39 is 5.97 Å². The van der Waals surface area contributed by atoms with E-state index in [2.05, 4.69) is 16.8 Å². The summed E-state index contributed by atoms with van der Waals surface area (Å²) in [5, 5.41) is 0. The maximum Gasteiger partial charge on any atom is 0.340 e. The molecule has 0 radical (unpaired) electrons. The maximum absolute atomic E-state index is 11.6. The predicted octanol–water partition coefficient (Wildman–Crippen LogP) is 1.69. The summed E-state index contributed by atoms with van der Waals surface area (Å²) in [4.78, 5) is 18.0. The van der Waals surface area contributed by atoms with Gasteiger partial charge in [-0.2, -0.15) is 0 Å². The largest absolute Gasteiger partial charge is 0.465 e. The highest BCUT2D eigenvalue weighted by atomic mass is 16.5. The first-order valence-corrected chi connectivity index (χ1v) is 6.21. The van der Waals surface area contributed by atoms with Crippen molar-refractivity contribution in [1.82, 2.24) is 4.98 Å². The molecule has 0 saturated carbocycles. The third-order valence-electron chi connectivity index (χ3n) is 3.46. The van der Waals surface area contributed by atoms with Crippen LogP contribution in [-0.4, -0.2) is 31.2 Å². The predicted molar refractivity (Wildman–Crippen MR) is 70.6 cm³/mol. The first kappa shape index (κ1) is 12.7. The number of methoxy groups -OCH3 is 1. The quantitative estimate of drug-likeness (QED) is 0.808. The summed E-state index contributed by atoms with van der Waals surface area (Å²) in [7, 11) is 1.35. The molecule has 2 heterocycles. The molecule has 0 aliphatic carbocycles. The first-order valence-electron chi connectivity index (χ1n) is 6.21. The van der Waals surface area contributed by atoms with Crippen LogP contribution in [-0.2, 0) is 4.74 Å². The Bertz CT molecular complexity index is 440. The number of esters is 1. The standard InChI is InChI=1S/C13H19N3O2/c1-9-4-7-16(8-5-9)12-11(14)10(3-6-15-12)13(17)18-2/h3,6,9H,4-5,7-8,14H2,1-2H3. The summed E-state index contributed by atoms with van der Waals surface area (Å²) in [6.07, 6.45) is 3.86. The van der Waals surface area contributed by atoms with Crippen molar-refractivity contribution in [3.8, 4) is 0 Å². The van der Waals surface area contributed by atoms with Crippen LogP contribution in [0.15, 0.2) is 12.3 Å². The van der Waals surface area contributed by atoms with Crippen molar-refractivity contribution >= 4 is 17.5 Å². The number of piperidine rings is 1. The second kappa shape index (κ2) is 5.25. The average Bonchev–Trinajstić information content (AvgIpc) is 2.39. The SMILES string of the molecule is COC(=O)c1ccnc(N2CCC(C)CC2)c1N. The first-order chi connectivity index (χ1) is 8.63. The van der Waals surface area contributed by atoms with Crippen LogP contribution in [0, 0.1) is 5.92 Å². The van der Waals surface area contributed by atoms with Crippen LogP contribution >= 0.6 is 0 Å². The highest BCUT2D eigenvalue weighted by Gasteiger charge is 2.21. The summed E-state index contributed by atoms with van der Waals surface area (Å²) in [6.45, 7) is 4.12. The van der Waals surface area contributed by atoms with Gasteiger partial charge >= 0.3 is 5.97 Å². The number of anilines is 2. The molecule has 1 aromatic rings. The minimum atomic E-state index is -0.415. The van der Waals surface area contributed by atoms with E-state index in [0.29, 0.717) is 17.1 Å². The van der Waals surface area contributed by atoms with E-state index in [0.717, 1.165) is 31.8 Å². The van der Waals surface area contributed by atoms with Crippen molar-refractivity contribution in [2.24, 2.45) is 5.92 Å². The molecule has 0 unspecified atom stereocenters. The summed E-state index contributed by atoms with van der Waals surface area (Å²) in [6, 6.07) is 1.59. The molecule has 1 aliphatic rings. The summed E-state index contributed by atoms with van der Waals surface area (Å²) in [5.41, 5.74) is 6.83. The number of hydrogen-bond donors (Lipinski definition) is 1. The molecule has 1 fully saturated rings. The van der Waals surface area contributed by atoms with Gasteiger partial charge in [0.1, 0.15) is 0 Å². The fourth-order valence-electron chi connectivity index (χ4n) is 2.22. The van der Waals surface area contributed by atoms with Crippen LogP contribution in [0.25, 0.3) is 0 Å². The molecule has 1 aliphatic heterocycles. The normalized spacial score (nSPS) is 16.7. The number of hydrogen-bond acceptors (Lipinski definition) is 5. The van der Waals surface area contributed by atoms with Gasteiger partial charge in [-0.1, -0.05) is 6.92 Å². The van der Waals surface area contributed by atoms with Gasteiger partial charge in [0, 0.05) is 19.3 Å². The number of ether oxygens (including phenoxy) is 1. The molecule has 18 heavy (non-hydrogen) atoms. The molecule has 0 aromatic carbocycles. The van der Waals surface area contributed by atoms with Crippen molar-refractivity contribution in [1.29, 1.82) is 0 Å². The molecular formula is C13H19N3O2. The smallest absolute Gasteiger partial charge is 0.340 e. The van der Waals surface area contributed by atoms with Crippen molar-refractivity contribution in [3.63, 3.8) is 0 Å². The van der Waals surface area contributed by atoms with Crippen LogP contribution in [0.3, 0.4) is 0 Å². The van der Waals surface area contributed by atoms with Gasteiger partial charge < -0.3 is 15.4 Å². The second-order valence-corrected chi connectivity index (χ2v) is 4.76. The van der Waals surface area contributed by atoms with Gasteiger partial charge in [-0.05, 0) is 24.8 Å². The zero-order valence-corrected chi connectivity index (χ0v) is 10.8. The lowest BCUT2D eigenvalue weighted by Crippen LogP contribution is -2.34. The van der Waals surface area contributed by atoms with E-state index in [1.165, 1.54) is 7.11 Å². The highest BCUT2D eigenvalue weighted by molar-refractivity contribution is 5.97. The number of carbonyl (C=O) groups excluding carboxylic acids is 1. The number of carbonyl (C=O) groups is 1. The number of rotatable bonds is 2. The summed E-state index contributed by atoms with van der Waals surface area (Å²) >= 11 is 0. The minimum absolute atomic E-state index is 0.390. The number of aromatic nitrogens is 1. The molecule has 5 heteroatoms. The van der Waals surface area contributed by atoms with Crippen molar-refractivity contribution in [2.75, 3.05) is 30.8 Å². The monoisotopic (exact) mass is 249 g/mol. The van der Waals surface area contributed by atoms with Crippen LogP contribution in [0.4, 0.5) is 11.5 Å². The van der Waals surface area contributed by atoms with E-state index >= 15 is 0 Å². The van der Waals surface area contributed by atoms with Gasteiger partial charge in [0.25, 0.3) is 0 Å². The number of nitrogens with zero attached hydrogens (tertiary/aromatic N) is 2. The Morgan fingerprint density at radius 1 is 1.50 bits per heavy atom. The van der Waals surface area contributed by atoms with Gasteiger partial charge in [-0.15, -0.1) is 0 Å². The lowest BCUT2D eigenvalue weighted by molar-refractivity contribution is 0.0602. The lowest BCUT2D eigenvalue weighted by Gasteiger charge is -2.32. The zero-order valence-electron chi connectivity index (χ0n) is 10.8. The zero-order chi connectivity index (χ0) is 13.1. The van der Waals surface area contributed by atoms with E-state index in [-0.39, 0.29) is 0 Å². The molecule has 0 spiro atoms. The summed E-state index contributed by atoms with van der Waals surface area (Å²) < 4.78 is 4.71. The Balaban J connectivity index is 2.26. The van der Waals surface area contributed by atoms with Gasteiger partial charge in [-0.25, -0.2) is 9.78 Å². The molecule has 5 nitrogen and oxygen atoms in total. The third kappa shape index (κ3) is 2.39. The van der Waals surface area contributed by atoms with Gasteiger partial charge in [0.2, 0.25) is 0 Å². The van der Waals surface area contributed by atoms with Crippen LogP contribution in [0.5, 0.6) is 0 Å². The maximum atomic E-state index is 11.6. The van der Waals surface area contributed by atoms with E-state index in [9.17, 15) is 4.79 Å². The Morgan fingerprint density at radius 3 is 2.78 bits per heavy atom. The molecule has 98 valence electrons.